The number of benzene rings is 1. The van der Waals surface area contributed by atoms with Crippen LogP contribution in [0.1, 0.15) is 44.6 Å². The van der Waals surface area contributed by atoms with Crippen LogP contribution in [-0.2, 0) is 16.0 Å². The lowest BCUT2D eigenvalue weighted by atomic mass is 9.97. The van der Waals surface area contributed by atoms with Gasteiger partial charge in [0.05, 0.1) is 0 Å². The molecule has 20 heavy (non-hydrogen) atoms. The molecule has 1 aromatic rings. The second-order valence-electron chi connectivity index (χ2n) is 5.63. The van der Waals surface area contributed by atoms with E-state index in [0.717, 1.165) is 32.2 Å². The van der Waals surface area contributed by atoms with Gasteiger partial charge in [0, 0.05) is 25.4 Å². The highest BCUT2D eigenvalue weighted by Gasteiger charge is 2.27. The minimum Gasteiger partial charge on any atom is -0.339 e. The van der Waals surface area contributed by atoms with Gasteiger partial charge in [0.1, 0.15) is 5.78 Å². The number of nitrogens with zero attached hydrogens (tertiary/aromatic N) is 1. The molecule has 1 aliphatic rings. The molecule has 0 bridgehead atoms. The molecule has 0 spiro atoms. The van der Waals surface area contributed by atoms with Crippen molar-refractivity contribution in [3.05, 3.63) is 35.9 Å². The van der Waals surface area contributed by atoms with Crippen LogP contribution in [0.3, 0.4) is 0 Å². The standard InChI is InChI=1S/C17H23NO2/c1-14(19)13-16-9-5-6-12-18(16)17(20)11-10-15-7-3-2-4-8-15/h2-4,7-8,16H,5-6,9-13H2,1H3. The fourth-order valence-corrected chi connectivity index (χ4v) is 2.91. The molecule has 1 heterocycles. The lowest BCUT2D eigenvalue weighted by molar-refractivity contribution is -0.135. The molecule has 0 aromatic heterocycles. The first-order valence-corrected chi connectivity index (χ1v) is 7.49. The molecule has 108 valence electrons. The fourth-order valence-electron chi connectivity index (χ4n) is 2.91. The van der Waals surface area contributed by atoms with Crippen molar-refractivity contribution >= 4 is 11.7 Å². The summed E-state index contributed by atoms with van der Waals surface area (Å²) >= 11 is 0. The predicted molar refractivity (Wildman–Crippen MR) is 79.4 cm³/mol. The molecule has 1 unspecified atom stereocenters. The van der Waals surface area contributed by atoms with Gasteiger partial charge in [-0.05, 0) is 38.2 Å². The summed E-state index contributed by atoms with van der Waals surface area (Å²) in [5, 5.41) is 0. The van der Waals surface area contributed by atoms with Crippen molar-refractivity contribution in [1.29, 1.82) is 0 Å². The molecule has 0 saturated carbocycles. The summed E-state index contributed by atoms with van der Waals surface area (Å²) in [4.78, 5) is 25.6. The Morgan fingerprint density at radius 1 is 1.20 bits per heavy atom. The second-order valence-corrected chi connectivity index (χ2v) is 5.63. The van der Waals surface area contributed by atoms with Gasteiger partial charge < -0.3 is 4.90 Å². The Bertz CT molecular complexity index is 455. The number of Topliss-reactive ketones (excluding diaryl/α,β-unsaturated/α-hetero) is 1. The Balaban J connectivity index is 1.90. The first kappa shape index (κ1) is 14.8. The van der Waals surface area contributed by atoms with Crippen molar-refractivity contribution in [3.63, 3.8) is 0 Å². The van der Waals surface area contributed by atoms with Gasteiger partial charge in [-0.25, -0.2) is 0 Å². The highest BCUT2D eigenvalue weighted by atomic mass is 16.2. The van der Waals surface area contributed by atoms with Crippen molar-refractivity contribution in [2.75, 3.05) is 6.54 Å². The molecule has 3 heteroatoms. The van der Waals surface area contributed by atoms with Gasteiger partial charge in [0.2, 0.25) is 5.91 Å². The van der Waals surface area contributed by atoms with Crippen molar-refractivity contribution in [3.8, 4) is 0 Å². The Kier molecular flexibility index (Phi) is 5.33. The third kappa shape index (κ3) is 4.19. The van der Waals surface area contributed by atoms with Gasteiger partial charge in [-0.1, -0.05) is 30.3 Å². The fraction of sp³-hybridized carbons (Fsp3) is 0.529. The number of piperidine rings is 1. The summed E-state index contributed by atoms with van der Waals surface area (Å²) < 4.78 is 0. The zero-order chi connectivity index (χ0) is 14.4. The van der Waals surface area contributed by atoms with Crippen LogP contribution in [0.15, 0.2) is 30.3 Å². The van der Waals surface area contributed by atoms with Gasteiger partial charge in [-0.3, -0.25) is 9.59 Å². The van der Waals surface area contributed by atoms with Crippen molar-refractivity contribution < 1.29 is 9.59 Å². The minimum absolute atomic E-state index is 0.129. The molecule has 1 amide bonds. The van der Waals surface area contributed by atoms with Crippen LogP contribution in [0.25, 0.3) is 0 Å². The quantitative estimate of drug-likeness (QED) is 0.827. The van der Waals surface area contributed by atoms with Crippen LogP contribution in [0, 0.1) is 0 Å². The van der Waals surface area contributed by atoms with Crippen LogP contribution in [0.2, 0.25) is 0 Å². The largest absolute Gasteiger partial charge is 0.339 e. The first-order valence-electron chi connectivity index (χ1n) is 7.49. The Labute approximate surface area is 121 Å². The number of carbonyl (C=O) groups excluding carboxylic acids is 2. The summed E-state index contributed by atoms with van der Waals surface area (Å²) in [6.07, 6.45) is 4.99. The summed E-state index contributed by atoms with van der Waals surface area (Å²) in [5.41, 5.74) is 1.20. The molecule has 1 aromatic carbocycles. The highest BCUT2D eigenvalue weighted by molar-refractivity contribution is 5.80. The Morgan fingerprint density at radius 3 is 2.65 bits per heavy atom. The predicted octanol–water partition coefficient (Wildman–Crippen LogP) is 2.98. The number of ketones is 1. The maximum absolute atomic E-state index is 12.4. The van der Waals surface area contributed by atoms with E-state index in [1.165, 1.54) is 5.56 Å². The molecule has 1 saturated heterocycles. The molecular weight excluding hydrogens is 250 g/mol. The van der Waals surface area contributed by atoms with E-state index in [1.54, 1.807) is 6.92 Å². The van der Waals surface area contributed by atoms with Gasteiger partial charge in [-0.2, -0.15) is 0 Å². The van der Waals surface area contributed by atoms with Crippen LogP contribution >= 0.6 is 0 Å². The lowest BCUT2D eigenvalue weighted by Crippen LogP contribution is -2.44. The lowest BCUT2D eigenvalue weighted by Gasteiger charge is -2.35. The van der Waals surface area contributed by atoms with Gasteiger partial charge >= 0.3 is 0 Å². The summed E-state index contributed by atoms with van der Waals surface area (Å²) in [6, 6.07) is 10.2. The molecule has 3 nitrogen and oxygen atoms in total. The monoisotopic (exact) mass is 273 g/mol. The Morgan fingerprint density at radius 2 is 1.95 bits per heavy atom. The van der Waals surface area contributed by atoms with E-state index in [9.17, 15) is 9.59 Å². The number of likely N-dealkylation sites (tertiary alicyclic amines) is 1. The van der Waals surface area contributed by atoms with Crippen molar-refractivity contribution in [1.82, 2.24) is 4.90 Å². The molecule has 0 radical (unpaired) electrons. The number of hydrogen-bond acceptors (Lipinski definition) is 2. The average Bonchev–Trinajstić information content (AvgIpc) is 2.46. The van der Waals surface area contributed by atoms with E-state index in [2.05, 4.69) is 12.1 Å². The summed E-state index contributed by atoms with van der Waals surface area (Å²) in [7, 11) is 0. The number of hydrogen-bond donors (Lipinski definition) is 0. The average molecular weight is 273 g/mol. The normalized spacial score (nSPS) is 18.9. The molecule has 0 aliphatic carbocycles. The van der Waals surface area contributed by atoms with E-state index in [-0.39, 0.29) is 17.7 Å². The highest BCUT2D eigenvalue weighted by Crippen LogP contribution is 2.21. The number of amides is 1. The summed E-state index contributed by atoms with van der Waals surface area (Å²) in [5.74, 6) is 0.373. The minimum atomic E-state index is 0.129. The van der Waals surface area contributed by atoms with Gasteiger partial charge in [0.25, 0.3) is 0 Å². The molecule has 0 N–H and O–H groups in total. The smallest absolute Gasteiger partial charge is 0.223 e. The first-order chi connectivity index (χ1) is 9.66. The molecule has 1 atom stereocenters. The number of aryl methyl sites for hydroxylation is 1. The van der Waals surface area contributed by atoms with E-state index in [1.807, 2.05) is 23.1 Å². The van der Waals surface area contributed by atoms with Crippen LogP contribution < -0.4 is 0 Å². The van der Waals surface area contributed by atoms with Crippen LogP contribution in [0.5, 0.6) is 0 Å². The zero-order valence-corrected chi connectivity index (χ0v) is 12.2. The van der Waals surface area contributed by atoms with E-state index < -0.39 is 0 Å². The molecule has 2 rings (SSSR count). The third-order valence-electron chi connectivity index (χ3n) is 3.94. The van der Waals surface area contributed by atoms with E-state index in [4.69, 9.17) is 0 Å². The van der Waals surface area contributed by atoms with Crippen LogP contribution in [0.4, 0.5) is 0 Å². The van der Waals surface area contributed by atoms with E-state index in [0.29, 0.717) is 12.8 Å². The maximum Gasteiger partial charge on any atom is 0.223 e. The van der Waals surface area contributed by atoms with Gasteiger partial charge in [-0.15, -0.1) is 0 Å². The van der Waals surface area contributed by atoms with Crippen LogP contribution in [-0.4, -0.2) is 29.2 Å². The zero-order valence-electron chi connectivity index (χ0n) is 12.2. The SMILES string of the molecule is CC(=O)CC1CCCCN1C(=O)CCc1ccccc1. The second kappa shape index (κ2) is 7.22. The topological polar surface area (TPSA) is 37.4 Å². The summed E-state index contributed by atoms with van der Waals surface area (Å²) in [6.45, 7) is 2.42. The molecule has 1 fully saturated rings. The maximum atomic E-state index is 12.4. The Hall–Kier alpha value is -1.64. The molecule has 1 aliphatic heterocycles. The van der Waals surface area contributed by atoms with Crippen molar-refractivity contribution in [2.24, 2.45) is 0 Å². The molecular formula is C17H23NO2. The number of rotatable bonds is 5. The van der Waals surface area contributed by atoms with Crippen molar-refractivity contribution in [2.45, 2.75) is 51.5 Å². The van der Waals surface area contributed by atoms with Gasteiger partial charge in [0.15, 0.2) is 0 Å². The number of carbonyl (C=O) groups is 2. The van der Waals surface area contributed by atoms with E-state index >= 15 is 0 Å². The third-order valence-corrected chi connectivity index (χ3v) is 3.94.